The summed E-state index contributed by atoms with van der Waals surface area (Å²) in [5, 5.41) is 2.44. The topological polar surface area (TPSA) is 64.3 Å². The van der Waals surface area contributed by atoms with Crippen LogP contribution in [0.15, 0.2) is 22.7 Å². The first-order valence-electron chi connectivity index (χ1n) is 5.20. The van der Waals surface area contributed by atoms with Gasteiger partial charge in [0.1, 0.15) is 6.04 Å². The number of halogens is 4. The van der Waals surface area contributed by atoms with E-state index in [1.807, 2.05) is 0 Å². The third-order valence-electron chi connectivity index (χ3n) is 2.34. The van der Waals surface area contributed by atoms with Crippen molar-refractivity contribution in [1.29, 1.82) is 0 Å². The van der Waals surface area contributed by atoms with Crippen LogP contribution < -0.4 is 11.1 Å². The van der Waals surface area contributed by atoms with Crippen molar-refractivity contribution < 1.29 is 22.7 Å². The van der Waals surface area contributed by atoms with E-state index in [-0.39, 0.29) is 16.7 Å². The minimum Gasteiger partial charge on any atom is -0.467 e. The van der Waals surface area contributed by atoms with Crippen molar-refractivity contribution in [1.82, 2.24) is 0 Å². The van der Waals surface area contributed by atoms with E-state index >= 15 is 0 Å². The molecular weight excluding hydrogens is 329 g/mol. The van der Waals surface area contributed by atoms with Gasteiger partial charge in [-0.1, -0.05) is 15.9 Å². The molecule has 1 rings (SSSR count). The molecule has 0 aliphatic rings. The van der Waals surface area contributed by atoms with Crippen LogP contribution in [0.5, 0.6) is 0 Å². The Bertz CT molecular complexity index is 466. The lowest BCUT2D eigenvalue weighted by Gasteiger charge is -2.19. The van der Waals surface area contributed by atoms with Crippen molar-refractivity contribution in [2.24, 2.45) is 5.73 Å². The third-order valence-corrected chi connectivity index (χ3v) is 2.83. The predicted molar refractivity (Wildman–Crippen MR) is 67.6 cm³/mol. The maximum absolute atomic E-state index is 12.9. The van der Waals surface area contributed by atoms with Crippen molar-refractivity contribution in [3.8, 4) is 0 Å². The smallest absolute Gasteiger partial charge is 0.418 e. The van der Waals surface area contributed by atoms with Crippen molar-refractivity contribution in [2.75, 3.05) is 19.0 Å². The highest BCUT2D eigenvalue weighted by Crippen LogP contribution is 2.36. The molecule has 3 N–H and O–H groups in total. The quantitative estimate of drug-likeness (QED) is 0.826. The third kappa shape index (κ3) is 4.10. The number of alkyl halides is 3. The average molecular weight is 341 g/mol. The molecule has 0 fully saturated rings. The fourth-order valence-corrected chi connectivity index (χ4v) is 1.78. The summed E-state index contributed by atoms with van der Waals surface area (Å²) in [5.41, 5.74) is 4.22. The first-order valence-corrected chi connectivity index (χ1v) is 6.00. The number of hydrogen-bond donors (Lipinski definition) is 2. The molecule has 0 spiro atoms. The molecule has 0 heterocycles. The fourth-order valence-electron chi connectivity index (χ4n) is 1.42. The lowest BCUT2D eigenvalue weighted by molar-refractivity contribution is -0.142. The number of nitrogens with one attached hydrogen (secondary N) is 1. The van der Waals surface area contributed by atoms with Crippen LogP contribution in [-0.4, -0.2) is 25.7 Å². The zero-order valence-electron chi connectivity index (χ0n) is 9.92. The number of benzene rings is 1. The van der Waals surface area contributed by atoms with Gasteiger partial charge >= 0.3 is 12.1 Å². The number of anilines is 1. The monoisotopic (exact) mass is 340 g/mol. The van der Waals surface area contributed by atoms with Gasteiger partial charge in [0.25, 0.3) is 0 Å². The summed E-state index contributed by atoms with van der Waals surface area (Å²) in [6.07, 6.45) is -4.54. The van der Waals surface area contributed by atoms with Gasteiger partial charge in [0, 0.05) is 16.7 Å². The molecule has 0 saturated carbocycles. The average Bonchev–Trinajstić information content (AvgIpc) is 2.35. The van der Waals surface area contributed by atoms with E-state index in [4.69, 9.17) is 5.73 Å². The molecule has 0 amide bonds. The van der Waals surface area contributed by atoms with Gasteiger partial charge in [0.2, 0.25) is 0 Å². The molecule has 0 saturated heterocycles. The van der Waals surface area contributed by atoms with Crippen LogP contribution in [0.1, 0.15) is 5.56 Å². The Morgan fingerprint density at radius 1 is 1.53 bits per heavy atom. The SMILES string of the molecule is COC(=O)C(CN)Nc1ccc(Br)cc1C(F)(F)F. The highest BCUT2D eigenvalue weighted by molar-refractivity contribution is 9.10. The Kier molecular flexibility index (Phi) is 5.19. The van der Waals surface area contributed by atoms with E-state index in [1.54, 1.807) is 0 Å². The lowest BCUT2D eigenvalue weighted by Crippen LogP contribution is -2.38. The number of carbonyl (C=O) groups is 1. The number of rotatable bonds is 4. The van der Waals surface area contributed by atoms with Crippen LogP contribution in [-0.2, 0) is 15.7 Å². The predicted octanol–water partition coefficient (Wildman–Crippen LogP) is 2.38. The van der Waals surface area contributed by atoms with Crippen LogP contribution in [0.2, 0.25) is 0 Å². The Morgan fingerprint density at radius 2 is 2.16 bits per heavy atom. The molecule has 0 bridgehead atoms. The van der Waals surface area contributed by atoms with E-state index in [2.05, 4.69) is 26.0 Å². The molecule has 0 aliphatic carbocycles. The summed E-state index contributed by atoms with van der Waals surface area (Å²) < 4.78 is 43.3. The summed E-state index contributed by atoms with van der Waals surface area (Å²) in [5.74, 6) is -0.724. The molecule has 1 atom stereocenters. The maximum atomic E-state index is 12.9. The van der Waals surface area contributed by atoms with Crippen LogP contribution >= 0.6 is 15.9 Å². The van der Waals surface area contributed by atoms with E-state index in [9.17, 15) is 18.0 Å². The summed E-state index contributed by atoms with van der Waals surface area (Å²) in [6.45, 7) is -0.181. The number of hydrogen-bond acceptors (Lipinski definition) is 4. The largest absolute Gasteiger partial charge is 0.467 e. The maximum Gasteiger partial charge on any atom is 0.418 e. The van der Waals surface area contributed by atoms with Gasteiger partial charge in [-0.2, -0.15) is 13.2 Å². The number of esters is 1. The molecule has 0 aliphatic heterocycles. The second-order valence-electron chi connectivity index (χ2n) is 3.64. The number of nitrogens with two attached hydrogens (primary N) is 1. The molecule has 0 aromatic heterocycles. The minimum atomic E-state index is -4.54. The van der Waals surface area contributed by atoms with Gasteiger partial charge < -0.3 is 15.8 Å². The molecule has 4 nitrogen and oxygen atoms in total. The Hall–Kier alpha value is -1.28. The van der Waals surface area contributed by atoms with E-state index < -0.39 is 23.8 Å². The lowest BCUT2D eigenvalue weighted by atomic mass is 10.1. The first kappa shape index (κ1) is 15.8. The summed E-state index contributed by atoms with van der Waals surface area (Å²) in [4.78, 5) is 11.3. The second-order valence-corrected chi connectivity index (χ2v) is 4.56. The summed E-state index contributed by atoms with van der Waals surface area (Å²) in [7, 11) is 1.14. The van der Waals surface area contributed by atoms with Crippen molar-refractivity contribution >= 4 is 27.6 Å². The van der Waals surface area contributed by atoms with Crippen LogP contribution in [0, 0.1) is 0 Å². The number of carbonyl (C=O) groups excluding carboxylic acids is 1. The van der Waals surface area contributed by atoms with E-state index in [0.717, 1.165) is 13.2 Å². The standard InChI is InChI=1S/C11H12BrF3N2O2/c1-19-10(18)9(5-16)17-8-3-2-6(12)4-7(8)11(13,14)15/h2-4,9,17H,5,16H2,1H3. The summed E-state index contributed by atoms with van der Waals surface area (Å²) in [6, 6.07) is 2.54. The minimum absolute atomic E-state index is 0.181. The molecule has 8 heteroatoms. The van der Waals surface area contributed by atoms with Crippen molar-refractivity contribution in [3.63, 3.8) is 0 Å². The molecule has 19 heavy (non-hydrogen) atoms. The number of methoxy groups -OCH3 is 1. The fraction of sp³-hybridized carbons (Fsp3) is 0.364. The molecular formula is C11H12BrF3N2O2. The zero-order valence-corrected chi connectivity index (χ0v) is 11.5. The Balaban J connectivity index is 3.10. The van der Waals surface area contributed by atoms with Crippen LogP contribution in [0.25, 0.3) is 0 Å². The van der Waals surface area contributed by atoms with Gasteiger partial charge in [-0.05, 0) is 18.2 Å². The first-order chi connectivity index (χ1) is 8.79. The molecule has 1 aromatic rings. The Labute approximate surface area is 116 Å². The van der Waals surface area contributed by atoms with Gasteiger partial charge in [-0.15, -0.1) is 0 Å². The molecule has 106 valence electrons. The number of ether oxygens (including phenoxy) is 1. The highest BCUT2D eigenvalue weighted by atomic mass is 79.9. The normalized spacial score (nSPS) is 12.9. The Morgan fingerprint density at radius 3 is 2.63 bits per heavy atom. The van der Waals surface area contributed by atoms with Gasteiger partial charge in [-0.25, -0.2) is 4.79 Å². The molecule has 0 radical (unpaired) electrons. The zero-order chi connectivity index (χ0) is 14.6. The van der Waals surface area contributed by atoms with Crippen molar-refractivity contribution in [3.05, 3.63) is 28.2 Å². The van der Waals surface area contributed by atoms with E-state index in [1.165, 1.54) is 12.1 Å². The van der Waals surface area contributed by atoms with Crippen LogP contribution in [0.3, 0.4) is 0 Å². The second kappa shape index (κ2) is 6.25. The van der Waals surface area contributed by atoms with Gasteiger partial charge in [0.15, 0.2) is 0 Å². The van der Waals surface area contributed by atoms with Gasteiger partial charge in [0.05, 0.1) is 12.7 Å². The van der Waals surface area contributed by atoms with E-state index in [0.29, 0.717) is 0 Å². The van der Waals surface area contributed by atoms with Crippen molar-refractivity contribution in [2.45, 2.75) is 12.2 Å². The summed E-state index contributed by atoms with van der Waals surface area (Å²) >= 11 is 2.97. The highest BCUT2D eigenvalue weighted by Gasteiger charge is 2.34. The molecule has 1 unspecified atom stereocenters. The van der Waals surface area contributed by atoms with Gasteiger partial charge in [-0.3, -0.25) is 0 Å². The molecule has 1 aromatic carbocycles. The van der Waals surface area contributed by atoms with Crippen LogP contribution in [0.4, 0.5) is 18.9 Å².